The van der Waals surface area contributed by atoms with Gasteiger partial charge in [0.05, 0.1) is 5.70 Å². The smallest absolute Gasteiger partial charge is 0.210 e. The SMILES string of the molecule is Cc1cc(NC2=CC(=O)c3ccccc3C2=O)ccc1O. The highest BCUT2D eigenvalue weighted by Crippen LogP contribution is 2.25. The summed E-state index contributed by atoms with van der Waals surface area (Å²) >= 11 is 0. The highest BCUT2D eigenvalue weighted by molar-refractivity contribution is 6.25. The van der Waals surface area contributed by atoms with Crippen molar-refractivity contribution >= 4 is 17.3 Å². The maximum Gasteiger partial charge on any atom is 0.210 e. The lowest BCUT2D eigenvalue weighted by Gasteiger charge is -2.16. The van der Waals surface area contributed by atoms with Crippen molar-refractivity contribution in [3.05, 3.63) is 70.9 Å². The van der Waals surface area contributed by atoms with Crippen molar-refractivity contribution in [1.29, 1.82) is 0 Å². The van der Waals surface area contributed by atoms with Gasteiger partial charge >= 0.3 is 0 Å². The van der Waals surface area contributed by atoms with Crippen LogP contribution in [0.3, 0.4) is 0 Å². The summed E-state index contributed by atoms with van der Waals surface area (Å²) in [6.07, 6.45) is 1.31. The van der Waals surface area contributed by atoms with Crippen molar-refractivity contribution in [2.75, 3.05) is 5.32 Å². The molecule has 4 heteroatoms. The van der Waals surface area contributed by atoms with E-state index in [0.29, 0.717) is 22.4 Å². The second-order valence-corrected chi connectivity index (χ2v) is 4.92. The molecule has 0 bridgehead atoms. The molecule has 2 aromatic rings. The first-order valence-corrected chi connectivity index (χ1v) is 6.52. The Hall–Kier alpha value is -2.88. The molecular weight excluding hydrogens is 266 g/mol. The van der Waals surface area contributed by atoms with E-state index in [4.69, 9.17) is 0 Å². The minimum Gasteiger partial charge on any atom is -0.508 e. The van der Waals surface area contributed by atoms with E-state index >= 15 is 0 Å². The zero-order chi connectivity index (χ0) is 15.0. The average Bonchev–Trinajstić information content (AvgIpc) is 2.48. The number of allylic oxidation sites excluding steroid dienone is 2. The summed E-state index contributed by atoms with van der Waals surface area (Å²) in [5.41, 5.74) is 2.41. The Morgan fingerprint density at radius 1 is 1.00 bits per heavy atom. The van der Waals surface area contributed by atoms with Crippen LogP contribution in [0.15, 0.2) is 54.2 Å². The van der Waals surface area contributed by atoms with Crippen LogP contribution >= 0.6 is 0 Å². The van der Waals surface area contributed by atoms with Gasteiger partial charge in [-0.1, -0.05) is 24.3 Å². The lowest BCUT2D eigenvalue weighted by Crippen LogP contribution is -2.21. The normalized spacial score (nSPS) is 13.7. The van der Waals surface area contributed by atoms with Gasteiger partial charge in [0, 0.05) is 22.9 Å². The Balaban J connectivity index is 1.95. The van der Waals surface area contributed by atoms with Gasteiger partial charge in [0.15, 0.2) is 5.78 Å². The number of rotatable bonds is 2. The van der Waals surface area contributed by atoms with Gasteiger partial charge in [-0.15, -0.1) is 0 Å². The molecule has 4 nitrogen and oxygen atoms in total. The first-order chi connectivity index (χ1) is 10.1. The van der Waals surface area contributed by atoms with E-state index in [-0.39, 0.29) is 23.0 Å². The van der Waals surface area contributed by atoms with E-state index in [9.17, 15) is 14.7 Å². The summed E-state index contributed by atoms with van der Waals surface area (Å²) in [7, 11) is 0. The van der Waals surface area contributed by atoms with Gasteiger partial charge in [0.2, 0.25) is 5.78 Å². The molecule has 1 aliphatic rings. The van der Waals surface area contributed by atoms with Crippen LogP contribution in [0.5, 0.6) is 5.75 Å². The summed E-state index contributed by atoms with van der Waals surface area (Å²) in [4.78, 5) is 24.4. The van der Waals surface area contributed by atoms with Gasteiger partial charge in [-0.2, -0.15) is 0 Å². The van der Waals surface area contributed by atoms with Crippen LogP contribution < -0.4 is 5.32 Å². The minimum absolute atomic E-state index is 0.186. The molecule has 0 unspecified atom stereocenters. The molecule has 2 aromatic carbocycles. The Kier molecular flexibility index (Phi) is 3.06. The fourth-order valence-electron chi connectivity index (χ4n) is 2.30. The Labute approximate surface area is 121 Å². The average molecular weight is 279 g/mol. The summed E-state index contributed by atoms with van der Waals surface area (Å²) in [6.45, 7) is 1.76. The molecule has 2 N–H and O–H groups in total. The topological polar surface area (TPSA) is 66.4 Å². The largest absolute Gasteiger partial charge is 0.508 e. The molecule has 0 heterocycles. The lowest BCUT2D eigenvalue weighted by atomic mass is 9.92. The van der Waals surface area contributed by atoms with E-state index < -0.39 is 0 Å². The third-order valence-electron chi connectivity index (χ3n) is 3.43. The van der Waals surface area contributed by atoms with Gasteiger partial charge in [0.1, 0.15) is 5.75 Å². The molecule has 3 rings (SSSR count). The maximum atomic E-state index is 12.4. The number of phenols is 1. The molecule has 104 valence electrons. The number of benzene rings is 2. The standard InChI is InChI=1S/C17H13NO3/c1-10-8-11(6-7-15(10)19)18-14-9-16(20)12-4-2-3-5-13(12)17(14)21/h2-9,18-19H,1H3. The first-order valence-electron chi connectivity index (χ1n) is 6.52. The number of aromatic hydroxyl groups is 1. The van der Waals surface area contributed by atoms with E-state index in [2.05, 4.69) is 5.32 Å². The number of anilines is 1. The molecule has 0 fully saturated rings. The molecule has 0 spiro atoms. The Morgan fingerprint density at radius 2 is 1.71 bits per heavy atom. The molecule has 0 saturated heterocycles. The van der Waals surface area contributed by atoms with Crippen LogP contribution in [0, 0.1) is 6.92 Å². The van der Waals surface area contributed by atoms with E-state index in [1.807, 2.05) is 0 Å². The predicted octanol–water partition coefficient (Wildman–Crippen LogP) is 3.08. The van der Waals surface area contributed by atoms with Crippen LogP contribution in [0.1, 0.15) is 26.3 Å². The van der Waals surface area contributed by atoms with Crippen LogP contribution in [0.4, 0.5) is 5.69 Å². The van der Waals surface area contributed by atoms with Crippen LogP contribution in [-0.4, -0.2) is 16.7 Å². The summed E-state index contributed by atoms with van der Waals surface area (Å²) in [5.74, 6) is -0.218. The Morgan fingerprint density at radius 3 is 2.43 bits per heavy atom. The maximum absolute atomic E-state index is 12.4. The van der Waals surface area contributed by atoms with Crippen LogP contribution in [-0.2, 0) is 0 Å². The minimum atomic E-state index is -0.212. The molecule has 0 saturated carbocycles. The fraction of sp³-hybridized carbons (Fsp3) is 0.0588. The zero-order valence-electron chi connectivity index (χ0n) is 11.4. The van der Waals surface area contributed by atoms with Gasteiger partial charge in [-0.25, -0.2) is 0 Å². The summed E-state index contributed by atoms with van der Waals surface area (Å²) in [6, 6.07) is 11.7. The number of phenolic OH excluding ortho intramolecular Hbond substituents is 1. The number of ketones is 2. The van der Waals surface area contributed by atoms with Crippen molar-refractivity contribution in [2.45, 2.75) is 6.92 Å². The third kappa shape index (κ3) is 2.31. The highest BCUT2D eigenvalue weighted by atomic mass is 16.3. The number of fused-ring (bicyclic) bond motifs is 1. The van der Waals surface area contributed by atoms with E-state index in [1.54, 1.807) is 49.4 Å². The molecule has 0 aromatic heterocycles. The second-order valence-electron chi connectivity index (χ2n) is 4.92. The van der Waals surface area contributed by atoms with Crippen molar-refractivity contribution in [2.24, 2.45) is 0 Å². The van der Waals surface area contributed by atoms with Crippen molar-refractivity contribution in [3.63, 3.8) is 0 Å². The molecule has 0 aliphatic heterocycles. The van der Waals surface area contributed by atoms with Gasteiger partial charge in [0.25, 0.3) is 0 Å². The van der Waals surface area contributed by atoms with Crippen LogP contribution in [0.2, 0.25) is 0 Å². The van der Waals surface area contributed by atoms with Gasteiger partial charge in [-0.3, -0.25) is 9.59 Å². The number of carbonyl (C=O) groups excluding carboxylic acids is 2. The second kappa shape index (κ2) is 4.90. The monoisotopic (exact) mass is 279 g/mol. The van der Waals surface area contributed by atoms with Crippen molar-refractivity contribution in [3.8, 4) is 5.75 Å². The van der Waals surface area contributed by atoms with E-state index in [0.717, 1.165) is 0 Å². The molecule has 0 atom stereocenters. The van der Waals surface area contributed by atoms with Crippen LogP contribution in [0.25, 0.3) is 0 Å². The van der Waals surface area contributed by atoms with Crippen molar-refractivity contribution in [1.82, 2.24) is 0 Å². The fourth-order valence-corrected chi connectivity index (χ4v) is 2.30. The summed E-state index contributed by atoms with van der Waals surface area (Å²) < 4.78 is 0. The Bertz CT molecular complexity index is 790. The van der Waals surface area contributed by atoms with E-state index in [1.165, 1.54) is 6.08 Å². The van der Waals surface area contributed by atoms with Gasteiger partial charge in [-0.05, 0) is 30.7 Å². The quantitative estimate of drug-likeness (QED) is 0.829. The number of Topliss-reactive ketones (excluding diaryl/α,β-unsaturated/α-hetero) is 1. The third-order valence-corrected chi connectivity index (χ3v) is 3.43. The molecule has 0 radical (unpaired) electrons. The number of nitrogens with one attached hydrogen (secondary N) is 1. The highest BCUT2D eigenvalue weighted by Gasteiger charge is 2.25. The molecular formula is C17H13NO3. The first kappa shape index (κ1) is 13.1. The van der Waals surface area contributed by atoms with Crippen molar-refractivity contribution < 1.29 is 14.7 Å². The molecule has 0 amide bonds. The summed E-state index contributed by atoms with van der Waals surface area (Å²) in [5, 5.41) is 12.5. The van der Waals surface area contributed by atoms with Gasteiger partial charge < -0.3 is 10.4 Å². The number of hydrogen-bond acceptors (Lipinski definition) is 4. The lowest BCUT2D eigenvalue weighted by molar-refractivity contribution is 0.0985. The predicted molar refractivity (Wildman–Crippen MR) is 79.7 cm³/mol. The molecule has 1 aliphatic carbocycles. The number of carbonyl (C=O) groups is 2. The number of hydrogen-bond donors (Lipinski definition) is 2. The number of aryl methyl sites for hydroxylation is 1. The zero-order valence-corrected chi connectivity index (χ0v) is 11.4. The molecule has 21 heavy (non-hydrogen) atoms.